The second-order valence-electron chi connectivity index (χ2n) is 7.68. The maximum atomic E-state index is 13.7. The van der Waals surface area contributed by atoms with Crippen molar-refractivity contribution < 1.29 is 9.18 Å². The fraction of sp³-hybridized carbons (Fsp3) is 0.333. The van der Waals surface area contributed by atoms with Gasteiger partial charge in [0.2, 0.25) is 5.91 Å². The highest BCUT2D eigenvalue weighted by Gasteiger charge is 2.26. The van der Waals surface area contributed by atoms with E-state index in [1.54, 1.807) is 18.5 Å². The number of amides is 1. The van der Waals surface area contributed by atoms with Crippen molar-refractivity contribution in [3.8, 4) is 11.3 Å². The molecule has 30 heavy (non-hydrogen) atoms. The molecule has 0 radical (unpaired) electrons. The lowest BCUT2D eigenvalue weighted by atomic mass is 9.96. The Kier molecular flexibility index (Phi) is 6.12. The minimum atomic E-state index is -0.254. The minimum Gasteiger partial charge on any atom is -0.342 e. The summed E-state index contributed by atoms with van der Waals surface area (Å²) in [5, 5.41) is 0. The zero-order valence-corrected chi connectivity index (χ0v) is 17.1. The van der Waals surface area contributed by atoms with Crippen LogP contribution in [-0.4, -0.2) is 38.8 Å². The Labute approximate surface area is 176 Å². The van der Waals surface area contributed by atoms with Crippen LogP contribution in [0.5, 0.6) is 0 Å². The Hall–Kier alpha value is -3.15. The van der Waals surface area contributed by atoms with E-state index in [1.807, 2.05) is 36.1 Å². The summed E-state index contributed by atoms with van der Waals surface area (Å²) in [5.41, 5.74) is 3.42. The van der Waals surface area contributed by atoms with Crippen LogP contribution in [0.1, 0.15) is 49.2 Å². The topological polar surface area (TPSA) is 59.0 Å². The number of piperidine rings is 1. The molecule has 0 aliphatic carbocycles. The smallest absolute Gasteiger partial charge is 0.222 e. The second kappa shape index (κ2) is 9.11. The molecular weight excluding hydrogens is 379 g/mol. The van der Waals surface area contributed by atoms with Crippen LogP contribution in [0, 0.1) is 5.82 Å². The molecule has 0 bridgehead atoms. The highest BCUT2D eigenvalue weighted by molar-refractivity contribution is 5.76. The van der Waals surface area contributed by atoms with Crippen LogP contribution in [0.3, 0.4) is 0 Å². The van der Waals surface area contributed by atoms with Gasteiger partial charge in [0.25, 0.3) is 0 Å². The first-order valence-electron chi connectivity index (χ1n) is 10.4. The fourth-order valence-electron chi connectivity index (χ4n) is 3.95. The monoisotopic (exact) mass is 404 g/mol. The van der Waals surface area contributed by atoms with Crippen molar-refractivity contribution in [3.05, 3.63) is 77.8 Å². The summed E-state index contributed by atoms with van der Waals surface area (Å²) >= 11 is 0. The molecule has 154 valence electrons. The minimum absolute atomic E-state index is 0.0946. The lowest BCUT2D eigenvalue weighted by Crippen LogP contribution is -2.39. The van der Waals surface area contributed by atoms with Crippen LogP contribution in [0.15, 0.2) is 54.9 Å². The molecule has 5 nitrogen and oxygen atoms in total. The van der Waals surface area contributed by atoms with Gasteiger partial charge < -0.3 is 4.90 Å². The molecule has 2 aromatic heterocycles. The molecule has 1 aromatic carbocycles. The van der Waals surface area contributed by atoms with E-state index in [-0.39, 0.29) is 17.6 Å². The van der Waals surface area contributed by atoms with E-state index in [2.05, 4.69) is 4.98 Å². The third-order valence-corrected chi connectivity index (χ3v) is 5.47. The number of nitrogens with zero attached hydrogens (tertiary/aromatic N) is 4. The van der Waals surface area contributed by atoms with Gasteiger partial charge in [-0.3, -0.25) is 9.78 Å². The second-order valence-corrected chi connectivity index (χ2v) is 7.68. The predicted octanol–water partition coefficient (Wildman–Crippen LogP) is 4.38. The third kappa shape index (κ3) is 4.70. The van der Waals surface area contributed by atoms with Crippen molar-refractivity contribution in [2.75, 3.05) is 13.1 Å². The van der Waals surface area contributed by atoms with E-state index in [9.17, 15) is 9.18 Å². The van der Waals surface area contributed by atoms with Crippen LogP contribution in [0.2, 0.25) is 0 Å². The van der Waals surface area contributed by atoms with E-state index in [4.69, 9.17) is 9.97 Å². The summed E-state index contributed by atoms with van der Waals surface area (Å²) in [4.78, 5) is 28.0. The number of carbonyl (C=O) groups is 1. The molecule has 1 aliphatic rings. The number of benzene rings is 1. The molecule has 0 N–H and O–H groups in total. The van der Waals surface area contributed by atoms with Crippen molar-refractivity contribution >= 4 is 5.91 Å². The summed E-state index contributed by atoms with van der Waals surface area (Å²) in [6.45, 7) is 3.33. The number of hydrogen-bond acceptors (Lipinski definition) is 4. The van der Waals surface area contributed by atoms with E-state index >= 15 is 0 Å². The molecule has 1 aliphatic heterocycles. The first-order valence-corrected chi connectivity index (χ1v) is 10.4. The Morgan fingerprint density at radius 3 is 2.87 bits per heavy atom. The number of hydrogen-bond donors (Lipinski definition) is 0. The largest absolute Gasteiger partial charge is 0.342 e. The van der Waals surface area contributed by atoms with Crippen LogP contribution in [0.4, 0.5) is 4.39 Å². The maximum Gasteiger partial charge on any atom is 0.222 e. The normalized spacial score (nSPS) is 16.5. The van der Waals surface area contributed by atoms with Crippen molar-refractivity contribution in [2.24, 2.45) is 0 Å². The lowest BCUT2D eigenvalue weighted by Gasteiger charge is -2.32. The molecule has 1 fully saturated rings. The molecular formula is C24H25FN4O. The highest BCUT2D eigenvalue weighted by atomic mass is 19.1. The Balaban J connectivity index is 1.69. The van der Waals surface area contributed by atoms with Gasteiger partial charge in [-0.2, -0.15) is 0 Å². The highest BCUT2D eigenvalue weighted by Crippen LogP contribution is 2.28. The van der Waals surface area contributed by atoms with Gasteiger partial charge in [0.1, 0.15) is 11.6 Å². The number of rotatable bonds is 5. The average Bonchev–Trinajstić information content (AvgIpc) is 2.79. The van der Waals surface area contributed by atoms with Crippen molar-refractivity contribution in [1.29, 1.82) is 0 Å². The molecule has 1 unspecified atom stereocenters. The zero-order valence-electron chi connectivity index (χ0n) is 17.1. The van der Waals surface area contributed by atoms with Gasteiger partial charge in [0.15, 0.2) is 0 Å². The van der Waals surface area contributed by atoms with Crippen LogP contribution in [-0.2, 0) is 11.2 Å². The molecule has 3 heterocycles. The summed E-state index contributed by atoms with van der Waals surface area (Å²) in [6, 6.07) is 12.4. The SMILES string of the molecule is CCC(=O)N1CCCC(c2nc(Cc3cccc(F)c3)cc(-c3cccnc3)n2)C1. The molecule has 1 saturated heterocycles. The standard InChI is InChI=1S/C24H25FN4O/c1-2-23(30)29-11-5-8-19(16-29)24-27-21(13-17-6-3-9-20(25)12-17)14-22(28-24)18-7-4-10-26-15-18/h3-4,6-7,9-10,12,14-15,19H,2,5,8,11,13,16H2,1H3. The lowest BCUT2D eigenvalue weighted by molar-refractivity contribution is -0.132. The van der Waals surface area contributed by atoms with Crippen molar-refractivity contribution in [1.82, 2.24) is 19.9 Å². The van der Waals surface area contributed by atoms with Gasteiger partial charge in [-0.15, -0.1) is 0 Å². The van der Waals surface area contributed by atoms with Crippen LogP contribution in [0.25, 0.3) is 11.3 Å². The average molecular weight is 404 g/mol. The fourth-order valence-corrected chi connectivity index (χ4v) is 3.95. The predicted molar refractivity (Wildman–Crippen MR) is 113 cm³/mol. The molecule has 0 saturated carbocycles. The van der Waals surface area contributed by atoms with Gasteiger partial charge in [0.05, 0.1) is 5.69 Å². The van der Waals surface area contributed by atoms with Gasteiger partial charge >= 0.3 is 0 Å². The summed E-state index contributed by atoms with van der Waals surface area (Å²) in [7, 11) is 0. The van der Waals surface area contributed by atoms with Crippen molar-refractivity contribution in [2.45, 2.75) is 38.5 Å². The molecule has 3 aromatic rings. The van der Waals surface area contributed by atoms with E-state index in [0.717, 1.165) is 47.7 Å². The molecule has 6 heteroatoms. The van der Waals surface area contributed by atoms with Crippen LogP contribution >= 0.6 is 0 Å². The van der Waals surface area contributed by atoms with Gasteiger partial charge in [-0.1, -0.05) is 19.1 Å². The Morgan fingerprint density at radius 1 is 1.20 bits per heavy atom. The van der Waals surface area contributed by atoms with E-state index < -0.39 is 0 Å². The summed E-state index contributed by atoms with van der Waals surface area (Å²) in [5.74, 6) is 0.756. The van der Waals surface area contributed by atoms with Gasteiger partial charge in [-0.05, 0) is 48.7 Å². The first-order chi connectivity index (χ1) is 14.6. The zero-order chi connectivity index (χ0) is 20.9. The van der Waals surface area contributed by atoms with E-state index in [0.29, 0.717) is 19.4 Å². The van der Waals surface area contributed by atoms with Crippen LogP contribution < -0.4 is 0 Å². The quantitative estimate of drug-likeness (QED) is 0.633. The molecule has 0 spiro atoms. The molecule has 4 rings (SSSR count). The Morgan fingerprint density at radius 2 is 2.10 bits per heavy atom. The molecule has 1 amide bonds. The number of carbonyl (C=O) groups excluding carboxylic acids is 1. The third-order valence-electron chi connectivity index (χ3n) is 5.47. The Bertz CT molecular complexity index is 1020. The van der Waals surface area contributed by atoms with E-state index in [1.165, 1.54) is 12.1 Å². The summed E-state index contributed by atoms with van der Waals surface area (Å²) < 4.78 is 13.7. The molecule has 1 atom stereocenters. The number of pyridine rings is 1. The number of likely N-dealkylation sites (tertiary alicyclic amines) is 1. The maximum absolute atomic E-state index is 13.7. The van der Waals surface area contributed by atoms with Gasteiger partial charge in [0, 0.05) is 55.5 Å². The van der Waals surface area contributed by atoms with Gasteiger partial charge in [-0.25, -0.2) is 14.4 Å². The number of halogens is 1. The summed E-state index contributed by atoms with van der Waals surface area (Å²) in [6.07, 6.45) is 6.43. The van der Waals surface area contributed by atoms with Crippen molar-refractivity contribution in [3.63, 3.8) is 0 Å². The first kappa shape index (κ1) is 20.1. The number of aromatic nitrogens is 3.